The molecule has 0 unspecified atom stereocenters. The molecule has 8 heteroatoms. The Bertz CT molecular complexity index is 1230. The van der Waals surface area contributed by atoms with Crippen LogP contribution in [-0.4, -0.2) is 49.2 Å². The van der Waals surface area contributed by atoms with Crippen LogP contribution in [-0.2, 0) is 20.8 Å². The van der Waals surface area contributed by atoms with E-state index in [1.54, 1.807) is 12.5 Å². The third-order valence-corrected chi connectivity index (χ3v) is 9.50. The van der Waals surface area contributed by atoms with Gasteiger partial charge in [-0.25, -0.2) is 9.78 Å². The summed E-state index contributed by atoms with van der Waals surface area (Å²) in [6.07, 6.45) is 4.14. The van der Waals surface area contributed by atoms with Crippen molar-refractivity contribution in [2.75, 3.05) is 11.5 Å². The lowest BCUT2D eigenvalue weighted by Gasteiger charge is -2.36. The lowest BCUT2D eigenvalue weighted by atomic mass is 9.84. The number of aliphatic carboxylic acids is 1. The van der Waals surface area contributed by atoms with Gasteiger partial charge < -0.3 is 15.4 Å². The summed E-state index contributed by atoms with van der Waals surface area (Å²) < 4.78 is -1.47. The van der Waals surface area contributed by atoms with E-state index in [9.17, 15) is 14.7 Å². The van der Waals surface area contributed by atoms with E-state index in [0.29, 0.717) is 5.75 Å². The van der Waals surface area contributed by atoms with Crippen molar-refractivity contribution >= 4 is 35.4 Å². The molecule has 0 radical (unpaired) electrons. The standard InChI is InChI=1S/C31H33N3O3S2/c1-30(2,38-19-18-26-20-32-22-33-26)29(37)34-27(28(35)36)21-39-31(23-12-6-3-7-13-23,24-14-8-4-9-15-24)25-16-10-5-11-17-25/h3-17,20,22,27H,18-19,21H2,1-2H3,(H,32,33)(H,34,37)(H,35,36)/t27-/m0/s1. The van der Waals surface area contributed by atoms with Gasteiger partial charge in [0.2, 0.25) is 5.91 Å². The zero-order chi connectivity index (χ0) is 27.7. The molecule has 0 aliphatic carbocycles. The Morgan fingerprint density at radius 3 is 1.82 bits per heavy atom. The zero-order valence-corrected chi connectivity index (χ0v) is 23.7. The van der Waals surface area contributed by atoms with E-state index in [0.717, 1.165) is 28.8 Å². The number of imidazole rings is 1. The van der Waals surface area contributed by atoms with E-state index in [2.05, 4.69) is 51.7 Å². The van der Waals surface area contributed by atoms with E-state index < -0.39 is 21.5 Å². The van der Waals surface area contributed by atoms with Crippen molar-refractivity contribution in [3.05, 3.63) is 126 Å². The number of carboxylic acids is 1. The van der Waals surface area contributed by atoms with Crippen LogP contribution in [0.4, 0.5) is 0 Å². The molecule has 39 heavy (non-hydrogen) atoms. The number of H-pyrrole nitrogens is 1. The van der Waals surface area contributed by atoms with Crippen LogP contribution in [0.5, 0.6) is 0 Å². The molecule has 1 amide bonds. The molecule has 3 N–H and O–H groups in total. The van der Waals surface area contributed by atoms with Gasteiger partial charge in [0.15, 0.2) is 0 Å². The van der Waals surface area contributed by atoms with Crippen LogP contribution < -0.4 is 5.32 Å². The Balaban J connectivity index is 1.58. The summed E-state index contributed by atoms with van der Waals surface area (Å²) in [5, 5.41) is 13.0. The fourth-order valence-corrected chi connectivity index (χ4v) is 6.96. The first kappa shape index (κ1) is 28.5. The molecule has 202 valence electrons. The molecule has 0 saturated heterocycles. The quantitative estimate of drug-likeness (QED) is 0.180. The van der Waals surface area contributed by atoms with E-state index in [4.69, 9.17) is 0 Å². The van der Waals surface area contributed by atoms with Gasteiger partial charge in [-0.1, -0.05) is 91.0 Å². The van der Waals surface area contributed by atoms with Gasteiger partial charge in [-0.3, -0.25) is 4.79 Å². The van der Waals surface area contributed by atoms with Gasteiger partial charge in [0.25, 0.3) is 0 Å². The summed E-state index contributed by atoms with van der Waals surface area (Å²) in [6, 6.07) is 29.3. The molecule has 0 spiro atoms. The smallest absolute Gasteiger partial charge is 0.327 e. The molecular weight excluding hydrogens is 526 g/mol. The fourth-order valence-electron chi connectivity index (χ4n) is 4.39. The number of aromatic amines is 1. The molecule has 1 aromatic heterocycles. The van der Waals surface area contributed by atoms with Gasteiger partial charge in [-0.15, -0.1) is 23.5 Å². The molecule has 6 nitrogen and oxygen atoms in total. The maximum atomic E-state index is 13.3. The number of amides is 1. The van der Waals surface area contributed by atoms with Crippen LogP contribution in [0.3, 0.4) is 0 Å². The number of carboxylic acid groups (broad SMARTS) is 1. The Hall–Kier alpha value is -3.49. The molecule has 4 aromatic rings. The van der Waals surface area contributed by atoms with Crippen LogP contribution in [0.25, 0.3) is 0 Å². The highest BCUT2D eigenvalue weighted by molar-refractivity contribution is 8.01. The monoisotopic (exact) mass is 559 g/mol. The van der Waals surface area contributed by atoms with Crippen LogP contribution in [0.1, 0.15) is 36.2 Å². The molecule has 1 heterocycles. The molecule has 0 saturated carbocycles. The minimum Gasteiger partial charge on any atom is -0.480 e. The zero-order valence-electron chi connectivity index (χ0n) is 22.0. The topological polar surface area (TPSA) is 95.1 Å². The summed E-state index contributed by atoms with van der Waals surface area (Å²) in [7, 11) is 0. The average molecular weight is 560 g/mol. The second-order valence-corrected chi connectivity index (χ2v) is 12.6. The van der Waals surface area contributed by atoms with Gasteiger partial charge in [0, 0.05) is 17.6 Å². The fraction of sp³-hybridized carbons (Fsp3) is 0.258. The van der Waals surface area contributed by atoms with E-state index in [1.165, 1.54) is 23.5 Å². The first-order chi connectivity index (χ1) is 18.8. The van der Waals surface area contributed by atoms with Gasteiger partial charge in [0.1, 0.15) is 6.04 Å². The minimum absolute atomic E-state index is 0.175. The SMILES string of the molecule is CC(C)(SCCc1cnc[nH]1)C(=O)N[C@@H](CSC(c1ccccc1)(c1ccccc1)c1ccccc1)C(=O)O. The molecule has 0 aliphatic rings. The number of aryl methyl sites for hydroxylation is 1. The summed E-state index contributed by atoms with van der Waals surface area (Å²) in [6.45, 7) is 3.66. The Morgan fingerprint density at radius 1 is 0.872 bits per heavy atom. The second kappa shape index (κ2) is 13.0. The second-order valence-electron chi connectivity index (χ2n) is 9.64. The predicted molar refractivity (Wildman–Crippen MR) is 160 cm³/mol. The molecule has 0 fully saturated rings. The Morgan fingerprint density at radius 2 is 1.38 bits per heavy atom. The average Bonchev–Trinajstić information content (AvgIpc) is 3.48. The van der Waals surface area contributed by atoms with Crippen molar-refractivity contribution in [1.82, 2.24) is 15.3 Å². The summed E-state index contributed by atoms with van der Waals surface area (Å²) in [5.74, 6) is -0.477. The first-order valence-electron chi connectivity index (χ1n) is 12.8. The number of benzene rings is 3. The molecule has 0 bridgehead atoms. The number of rotatable bonds is 13. The number of hydrogen-bond donors (Lipinski definition) is 3. The number of hydrogen-bond acceptors (Lipinski definition) is 5. The number of carbonyl (C=O) groups is 2. The Kier molecular flexibility index (Phi) is 9.54. The van der Waals surface area contributed by atoms with Crippen molar-refractivity contribution in [1.29, 1.82) is 0 Å². The van der Waals surface area contributed by atoms with Gasteiger partial charge in [0.05, 0.1) is 15.8 Å². The van der Waals surface area contributed by atoms with Crippen molar-refractivity contribution in [3.63, 3.8) is 0 Å². The van der Waals surface area contributed by atoms with Crippen molar-refractivity contribution in [2.24, 2.45) is 0 Å². The van der Waals surface area contributed by atoms with Crippen LogP contribution >= 0.6 is 23.5 Å². The highest BCUT2D eigenvalue weighted by Crippen LogP contribution is 2.48. The van der Waals surface area contributed by atoms with Crippen LogP contribution in [0, 0.1) is 0 Å². The van der Waals surface area contributed by atoms with Gasteiger partial charge in [-0.2, -0.15) is 0 Å². The lowest BCUT2D eigenvalue weighted by Crippen LogP contribution is -2.50. The number of carbonyl (C=O) groups excluding carboxylic acids is 1. The maximum absolute atomic E-state index is 13.3. The third kappa shape index (κ3) is 6.94. The summed E-state index contributed by atoms with van der Waals surface area (Å²) in [4.78, 5) is 32.8. The largest absolute Gasteiger partial charge is 0.480 e. The van der Waals surface area contributed by atoms with Crippen molar-refractivity contribution in [3.8, 4) is 0 Å². The Labute approximate surface area is 238 Å². The molecular formula is C31H33N3O3S2. The van der Waals surface area contributed by atoms with E-state index in [1.807, 2.05) is 68.4 Å². The maximum Gasteiger partial charge on any atom is 0.327 e. The number of thioether (sulfide) groups is 2. The number of nitrogens with zero attached hydrogens (tertiary/aromatic N) is 1. The molecule has 0 aliphatic heterocycles. The highest BCUT2D eigenvalue weighted by Gasteiger charge is 2.39. The highest BCUT2D eigenvalue weighted by atomic mass is 32.2. The van der Waals surface area contributed by atoms with Crippen LogP contribution in [0.15, 0.2) is 104 Å². The first-order valence-corrected chi connectivity index (χ1v) is 14.8. The molecule has 3 aromatic carbocycles. The molecule has 1 atom stereocenters. The number of aromatic nitrogens is 2. The molecule has 4 rings (SSSR count). The third-order valence-electron chi connectivity index (χ3n) is 6.55. The summed E-state index contributed by atoms with van der Waals surface area (Å²) >= 11 is 3.01. The van der Waals surface area contributed by atoms with Crippen molar-refractivity contribution < 1.29 is 14.7 Å². The van der Waals surface area contributed by atoms with Gasteiger partial charge in [-0.05, 0) is 42.7 Å². The summed E-state index contributed by atoms with van der Waals surface area (Å²) in [5.41, 5.74) is 4.12. The number of nitrogens with one attached hydrogen (secondary N) is 2. The predicted octanol–water partition coefficient (Wildman–Crippen LogP) is 5.76. The van der Waals surface area contributed by atoms with E-state index >= 15 is 0 Å². The van der Waals surface area contributed by atoms with Crippen molar-refractivity contribution in [2.45, 2.75) is 35.8 Å². The lowest BCUT2D eigenvalue weighted by molar-refractivity contribution is -0.141. The van der Waals surface area contributed by atoms with Gasteiger partial charge >= 0.3 is 5.97 Å². The normalized spacial score (nSPS) is 12.6. The van der Waals surface area contributed by atoms with Crippen LogP contribution in [0.2, 0.25) is 0 Å². The van der Waals surface area contributed by atoms with E-state index in [-0.39, 0.29) is 11.7 Å². The minimum atomic E-state index is -1.06.